The molecule has 0 saturated carbocycles. The Balaban J connectivity index is 2.03. The summed E-state index contributed by atoms with van der Waals surface area (Å²) in [6.45, 7) is 8.11. The van der Waals surface area contributed by atoms with Gasteiger partial charge in [0.15, 0.2) is 11.6 Å². The minimum atomic E-state index is -0.288. The van der Waals surface area contributed by atoms with E-state index in [-0.39, 0.29) is 11.4 Å². The van der Waals surface area contributed by atoms with Gasteiger partial charge >= 0.3 is 0 Å². The number of hydrogen-bond donors (Lipinski definition) is 1. The van der Waals surface area contributed by atoms with Crippen molar-refractivity contribution in [3.8, 4) is 5.75 Å². The van der Waals surface area contributed by atoms with E-state index in [4.69, 9.17) is 4.74 Å². The van der Waals surface area contributed by atoms with E-state index in [1.807, 2.05) is 6.07 Å². The second kappa shape index (κ2) is 5.24. The maximum absolute atomic E-state index is 13.6. The van der Waals surface area contributed by atoms with Gasteiger partial charge in [-0.15, -0.1) is 0 Å². The zero-order chi connectivity index (χ0) is 13.2. The second-order valence-corrected chi connectivity index (χ2v) is 5.49. The molecule has 1 saturated heterocycles. The summed E-state index contributed by atoms with van der Waals surface area (Å²) in [6, 6.07) is 5.18. The van der Waals surface area contributed by atoms with Crippen LogP contribution in [0.25, 0.3) is 0 Å². The predicted octanol–water partition coefficient (Wildman–Crippen LogP) is 2.02. The van der Waals surface area contributed by atoms with Crippen molar-refractivity contribution in [1.82, 2.24) is 10.2 Å². The first kappa shape index (κ1) is 13.3. The van der Waals surface area contributed by atoms with Gasteiger partial charge in [-0.3, -0.25) is 4.90 Å². The van der Waals surface area contributed by atoms with Gasteiger partial charge in [-0.25, -0.2) is 4.39 Å². The lowest BCUT2D eigenvalue weighted by Crippen LogP contribution is -2.56. The highest BCUT2D eigenvalue weighted by molar-refractivity contribution is 5.29. The maximum atomic E-state index is 13.6. The Hall–Kier alpha value is -1.13. The van der Waals surface area contributed by atoms with E-state index >= 15 is 0 Å². The minimum absolute atomic E-state index is 0.128. The van der Waals surface area contributed by atoms with Crippen LogP contribution in [-0.2, 0) is 6.54 Å². The molecule has 0 unspecified atom stereocenters. The van der Waals surface area contributed by atoms with E-state index in [0.717, 1.165) is 31.7 Å². The van der Waals surface area contributed by atoms with E-state index in [9.17, 15) is 4.39 Å². The van der Waals surface area contributed by atoms with Crippen LogP contribution in [0.2, 0.25) is 0 Å². The number of halogens is 1. The summed E-state index contributed by atoms with van der Waals surface area (Å²) >= 11 is 0. The van der Waals surface area contributed by atoms with Gasteiger partial charge < -0.3 is 10.1 Å². The van der Waals surface area contributed by atoms with Crippen LogP contribution in [0.15, 0.2) is 18.2 Å². The van der Waals surface area contributed by atoms with Crippen molar-refractivity contribution in [2.24, 2.45) is 0 Å². The molecule has 3 nitrogen and oxygen atoms in total. The Kier molecular flexibility index (Phi) is 3.88. The fourth-order valence-corrected chi connectivity index (χ4v) is 2.45. The summed E-state index contributed by atoms with van der Waals surface area (Å²) in [4.78, 5) is 2.34. The molecule has 100 valence electrons. The first-order valence-electron chi connectivity index (χ1n) is 6.30. The molecule has 0 amide bonds. The van der Waals surface area contributed by atoms with E-state index in [0.29, 0.717) is 5.75 Å². The summed E-state index contributed by atoms with van der Waals surface area (Å²) in [5.74, 6) is 0.0174. The Labute approximate surface area is 108 Å². The highest BCUT2D eigenvalue weighted by Crippen LogP contribution is 2.20. The largest absolute Gasteiger partial charge is 0.494 e. The smallest absolute Gasteiger partial charge is 0.165 e. The molecule has 1 aromatic rings. The van der Waals surface area contributed by atoms with E-state index in [2.05, 4.69) is 24.1 Å². The fourth-order valence-electron chi connectivity index (χ4n) is 2.45. The zero-order valence-corrected chi connectivity index (χ0v) is 11.3. The molecule has 1 aliphatic rings. The van der Waals surface area contributed by atoms with Crippen LogP contribution >= 0.6 is 0 Å². The topological polar surface area (TPSA) is 24.5 Å². The van der Waals surface area contributed by atoms with Crippen molar-refractivity contribution in [2.75, 3.05) is 26.7 Å². The minimum Gasteiger partial charge on any atom is -0.494 e. The monoisotopic (exact) mass is 252 g/mol. The maximum Gasteiger partial charge on any atom is 0.165 e. The summed E-state index contributed by atoms with van der Waals surface area (Å²) in [7, 11) is 1.48. The van der Waals surface area contributed by atoms with E-state index < -0.39 is 0 Å². The normalized spacial score (nSPS) is 19.8. The molecule has 1 aliphatic heterocycles. The van der Waals surface area contributed by atoms with Gasteiger partial charge in [-0.05, 0) is 31.5 Å². The number of piperazine rings is 1. The molecule has 1 N–H and O–H groups in total. The van der Waals surface area contributed by atoms with Gasteiger partial charge in [0.1, 0.15) is 0 Å². The molecule has 1 heterocycles. The molecule has 4 heteroatoms. The molecule has 0 radical (unpaired) electrons. The number of ether oxygens (including phenoxy) is 1. The quantitative estimate of drug-likeness (QED) is 0.890. The van der Waals surface area contributed by atoms with Crippen LogP contribution in [0.3, 0.4) is 0 Å². The summed E-state index contributed by atoms with van der Waals surface area (Å²) in [5.41, 5.74) is 1.12. The SMILES string of the molecule is COc1ccc(CN2CCNC(C)(C)C2)cc1F. The van der Waals surface area contributed by atoms with Crippen molar-refractivity contribution < 1.29 is 9.13 Å². The summed E-state index contributed by atoms with van der Waals surface area (Å²) < 4.78 is 18.5. The Morgan fingerprint density at radius 3 is 2.83 bits per heavy atom. The van der Waals surface area contributed by atoms with Crippen molar-refractivity contribution in [1.29, 1.82) is 0 Å². The molecule has 0 aromatic heterocycles. The molecule has 0 atom stereocenters. The average Bonchev–Trinajstić information content (AvgIpc) is 2.28. The molecule has 0 spiro atoms. The standard InChI is InChI=1S/C14H21FN2O/c1-14(2)10-17(7-6-16-14)9-11-4-5-13(18-3)12(15)8-11/h4-5,8,16H,6-7,9-10H2,1-3H3. The van der Waals surface area contributed by atoms with Crippen molar-refractivity contribution >= 4 is 0 Å². The van der Waals surface area contributed by atoms with E-state index in [1.54, 1.807) is 12.1 Å². The van der Waals surface area contributed by atoms with Crippen LogP contribution in [0.4, 0.5) is 4.39 Å². The number of methoxy groups -OCH3 is 1. The first-order valence-corrected chi connectivity index (χ1v) is 6.30. The van der Waals surface area contributed by atoms with Gasteiger partial charge in [0.2, 0.25) is 0 Å². The lowest BCUT2D eigenvalue weighted by Gasteiger charge is -2.39. The average molecular weight is 252 g/mol. The molecule has 0 bridgehead atoms. The lowest BCUT2D eigenvalue weighted by molar-refractivity contribution is 0.148. The Bertz CT molecular complexity index is 420. The molecule has 1 fully saturated rings. The molecule has 18 heavy (non-hydrogen) atoms. The molecule has 2 rings (SSSR count). The van der Waals surface area contributed by atoms with Crippen molar-refractivity contribution in [3.63, 3.8) is 0 Å². The van der Waals surface area contributed by atoms with Crippen LogP contribution in [0.5, 0.6) is 5.75 Å². The fraction of sp³-hybridized carbons (Fsp3) is 0.571. The van der Waals surface area contributed by atoms with Crippen LogP contribution in [0, 0.1) is 5.82 Å². The van der Waals surface area contributed by atoms with Gasteiger partial charge in [0, 0.05) is 31.7 Å². The summed E-state index contributed by atoms with van der Waals surface area (Å²) in [5, 5.41) is 3.47. The number of hydrogen-bond acceptors (Lipinski definition) is 3. The third-order valence-corrected chi connectivity index (χ3v) is 3.27. The van der Waals surface area contributed by atoms with Crippen LogP contribution in [0.1, 0.15) is 19.4 Å². The number of rotatable bonds is 3. The van der Waals surface area contributed by atoms with Gasteiger partial charge in [-0.1, -0.05) is 6.07 Å². The Morgan fingerprint density at radius 2 is 2.22 bits per heavy atom. The third kappa shape index (κ3) is 3.21. The van der Waals surface area contributed by atoms with Gasteiger partial charge in [0.05, 0.1) is 7.11 Å². The van der Waals surface area contributed by atoms with Gasteiger partial charge in [0.25, 0.3) is 0 Å². The van der Waals surface area contributed by atoms with Crippen LogP contribution < -0.4 is 10.1 Å². The highest BCUT2D eigenvalue weighted by Gasteiger charge is 2.25. The van der Waals surface area contributed by atoms with Crippen LogP contribution in [-0.4, -0.2) is 37.2 Å². The molecular weight excluding hydrogens is 231 g/mol. The highest BCUT2D eigenvalue weighted by atomic mass is 19.1. The number of nitrogens with one attached hydrogen (secondary N) is 1. The lowest BCUT2D eigenvalue weighted by atomic mass is 10.0. The second-order valence-electron chi connectivity index (χ2n) is 5.49. The third-order valence-electron chi connectivity index (χ3n) is 3.27. The number of nitrogens with zero attached hydrogens (tertiary/aromatic N) is 1. The predicted molar refractivity (Wildman–Crippen MR) is 70.3 cm³/mol. The molecule has 1 aromatic carbocycles. The first-order chi connectivity index (χ1) is 8.50. The van der Waals surface area contributed by atoms with Crippen molar-refractivity contribution in [3.05, 3.63) is 29.6 Å². The summed E-state index contributed by atoms with van der Waals surface area (Å²) in [6.07, 6.45) is 0. The zero-order valence-electron chi connectivity index (χ0n) is 11.3. The molecular formula is C14H21FN2O. The van der Waals surface area contributed by atoms with Crippen molar-refractivity contribution in [2.45, 2.75) is 25.9 Å². The Morgan fingerprint density at radius 1 is 1.44 bits per heavy atom. The molecule has 0 aliphatic carbocycles. The van der Waals surface area contributed by atoms with E-state index in [1.165, 1.54) is 7.11 Å². The number of benzene rings is 1. The van der Waals surface area contributed by atoms with Gasteiger partial charge in [-0.2, -0.15) is 0 Å².